The van der Waals surface area contributed by atoms with Crippen molar-refractivity contribution in [2.75, 3.05) is 56.1 Å². The highest BCUT2D eigenvalue weighted by molar-refractivity contribution is 7.90. The number of aliphatic hydroxyl groups is 1. The van der Waals surface area contributed by atoms with Gasteiger partial charge in [-0.1, -0.05) is 38.1 Å². The molecule has 4 fully saturated rings. The number of likely N-dealkylation sites (tertiary alicyclic amines) is 1. The van der Waals surface area contributed by atoms with Crippen molar-refractivity contribution in [1.29, 1.82) is 0 Å². The van der Waals surface area contributed by atoms with Crippen LogP contribution < -0.4 is 24.4 Å². The zero-order chi connectivity index (χ0) is 52.5. The first-order valence-electron chi connectivity index (χ1n) is 25.6. The highest BCUT2D eigenvalue weighted by atomic mass is 32.2. The minimum atomic E-state index is -4.76. The number of sulfonamides is 2. The summed E-state index contributed by atoms with van der Waals surface area (Å²) in [6.07, 6.45) is 7.51. The number of nitrogens with zero attached hydrogens (tertiary/aromatic N) is 5. The average molecular weight is 1060 g/mol. The standard InChI is InChI=1S/C53H65FN8O10S2/c1-32(2)38-8-6-7-9-39(38)42-28-61(74(69,70)33(3)4)19-14-45(42)60-30-53(31-60)17-20-59(21-18-53)35-10-11-40(47(22-35)72-36-23-41-43(54)27-56-50(41)55-26-36)51(63)58-73(67,68)37-24-46(62(65)66)49-48(25-37)71-29-44(57-49)34-12-15-52(5,64)16-13-34/h6-11,22-27,32-34,42,44-45,57,64H,12-21,28-31H2,1-5H3,(H,55,56)(H,58,63)/t34?,42-,44+,45-,52?/m0/s1. The summed E-state index contributed by atoms with van der Waals surface area (Å²) >= 11 is 0. The van der Waals surface area contributed by atoms with Crippen LogP contribution in [0.1, 0.15) is 113 Å². The van der Waals surface area contributed by atoms with Gasteiger partial charge in [0.15, 0.2) is 11.4 Å². The molecule has 18 nitrogen and oxygen atoms in total. The van der Waals surface area contributed by atoms with Crippen LogP contribution in [0.2, 0.25) is 0 Å². The summed E-state index contributed by atoms with van der Waals surface area (Å²) in [5, 5.41) is 25.7. The number of H-pyrrole nitrogens is 1. The second-order valence-electron chi connectivity index (χ2n) is 22.0. The molecule has 74 heavy (non-hydrogen) atoms. The molecule has 396 valence electrons. The molecule has 1 spiro atoms. The van der Waals surface area contributed by atoms with Gasteiger partial charge in [0.05, 0.1) is 43.9 Å². The lowest BCUT2D eigenvalue weighted by Gasteiger charge is -2.59. The molecule has 2 aromatic heterocycles. The zero-order valence-electron chi connectivity index (χ0n) is 42.3. The fourth-order valence-electron chi connectivity index (χ4n) is 12.0. The van der Waals surface area contributed by atoms with Crippen LogP contribution in [0.15, 0.2) is 78.0 Å². The number of hydrogen-bond donors (Lipinski definition) is 4. The number of benzene rings is 3. The molecule has 3 aromatic carbocycles. The van der Waals surface area contributed by atoms with Gasteiger partial charge in [0, 0.05) is 81.3 Å². The molecule has 5 aromatic rings. The lowest BCUT2D eigenvalue weighted by atomic mass is 9.69. The number of piperidine rings is 2. The first-order chi connectivity index (χ1) is 35.1. The van der Waals surface area contributed by atoms with Crippen LogP contribution in [-0.4, -0.2) is 121 Å². The summed E-state index contributed by atoms with van der Waals surface area (Å²) in [5.41, 5.74) is 2.06. The van der Waals surface area contributed by atoms with Crippen LogP contribution in [0.5, 0.6) is 17.2 Å². The van der Waals surface area contributed by atoms with Crippen LogP contribution >= 0.6 is 0 Å². The number of hydrogen-bond acceptors (Lipinski definition) is 14. The number of fused-ring (bicyclic) bond motifs is 2. The number of carbonyl (C=O) groups excluding carboxylic acids is 1. The van der Waals surface area contributed by atoms with E-state index < -0.39 is 58.1 Å². The largest absolute Gasteiger partial charge is 0.489 e. The number of nitro benzene ring substituents is 1. The molecule has 5 aliphatic rings. The molecular formula is C53H65FN8O10S2. The van der Waals surface area contributed by atoms with Crippen molar-refractivity contribution in [2.24, 2.45) is 11.3 Å². The number of anilines is 2. The molecule has 3 atom stereocenters. The van der Waals surface area contributed by atoms with Crippen molar-refractivity contribution in [3.63, 3.8) is 0 Å². The van der Waals surface area contributed by atoms with Crippen LogP contribution in [0.4, 0.5) is 21.5 Å². The van der Waals surface area contributed by atoms with E-state index in [9.17, 15) is 41.2 Å². The van der Waals surface area contributed by atoms with Crippen LogP contribution in [0.25, 0.3) is 11.0 Å². The molecule has 3 saturated heterocycles. The lowest BCUT2D eigenvalue weighted by molar-refractivity contribution is -0.384. The number of carbonyl (C=O) groups is 1. The monoisotopic (exact) mass is 1060 g/mol. The number of ether oxygens (including phenoxy) is 2. The SMILES string of the molecule is CC(C)c1ccccc1[C@@H]1CN(S(=O)(=O)C(C)C)CC[C@@H]1N1CC2(CCN(c3ccc(C(=O)NS(=O)(=O)c4cc5c(c([N+](=O)[O-])c4)N[C@@H](C4CCC(C)(O)CC4)CO5)c(Oc4cnc5[nH]cc(F)c5c4)c3)CC2)C1. The van der Waals surface area contributed by atoms with Crippen molar-refractivity contribution in [1.82, 2.24) is 23.9 Å². The second-order valence-corrected chi connectivity index (χ2v) is 26.2. The smallest absolute Gasteiger partial charge is 0.297 e. The maximum Gasteiger partial charge on any atom is 0.297 e. The maximum atomic E-state index is 14.7. The van der Waals surface area contributed by atoms with Crippen molar-refractivity contribution >= 4 is 54.0 Å². The van der Waals surface area contributed by atoms with Crippen LogP contribution in [-0.2, 0) is 20.0 Å². The fourth-order valence-corrected chi connectivity index (χ4v) is 14.3. The highest BCUT2D eigenvalue weighted by Gasteiger charge is 2.51. The van der Waals surface area contributed by atoms with Gasteiger partial charge in [0.25, 0.3) is 21.6 Å². The third-order valence-corrected chi connectivity index (χ3v) is 19.9. The number of nitrogens with one attached hydrogen (secondary N) is 3. The van der Waals surface area contributed by atoms with E-state index in [4.69, 9.17) is 9.47 Å². The molecule has 0 unspecified atom stereocenters. The Labute approximate surface area is 431 Å². The highest BCUT2D eigenvalue weighted by Crippen LogP contribution is 2.48. The zero-order valence-corrected chi connectivity index (χ0v) is 44.0. The van der Waals surface area contributed by atoms with Gasteiger partial charge in [-0.25, -0.2) is 35.2 Å². The summed E-state index contributed by atoms with van der Waals surface area (Å²) < 4.78 is 85.8. The second kappa shape index (κ2) is 19.7. The molecule has 21 heteroatoms. The molecule has 6 heterocycles. The van der Waals surface area contributed by atoms with Crippen LogP contribution in [0, 0.1) is 27.3 Å². The number of aromatic amines is 1. The Morgan fingerprint density at radius 3 is 2.42 bits per heavy atom. The van der Waals surface area contributed by atoms with Crippen molar-refractivity contribution in [3.05, 3.63) is 106 Å². The number of rotatable bonds is 13. The molecule has 1 saturated carbocycles. The van der Waals surface area contributed by atoms with E-state index in [0.29, 0.717) is 57.5 Å². The molecule has 10 rings (SSSR count). The summed E-state index contributed by atoms with van der Waals surface area (Å²) in [6, 6.07) is 16.6. The number of amides is 1. The van der Waals surface area contributed by atoms with E-state index in [1.807, 2.05) is 0 Å². The first kappa shape index (κ1) is 51.6. The number of pyridine rings is 1. The molecule has 4 N–H and O–H groups in total. The quantitative estimate of drug-likeness (QED) is 0.0643. The molecule has 0 bridgehead atoms. The van der Waals surface area contributed by atoms with E-state index >= 15 is 0 Å². The number of nitro groups is 1. The Bertz CT molecular complexity index is 3200. The third kappa shape index (κ3) is 10.0. The van der Waals surface area contributed by atoms with Crippen molar-refractivity contribution in [3.8, 4) is 17.2 Å². The predicted molar refractivity (Wildman–Crippen MR) is 279 cm³/mol. The van der Waals surface area contributed by atoms with Gasteiger partial charge in [0.2, 0.25) is 10.0 Å². The minimum absolute atomic E-state index is 0.0191. The van der Waals surface area contributed by atoms with Gasteiger partial charge in [-0.2, -0.15) is 0 Å². The lowest BCUT2D eigenvalue weighted by Crippen LogP contribution is -2.65. The van der Waals surface area contributed by atoms with E-state index in [1.54, 1.807) is 37.2 Å². The Morgan fingerprint density at radius 1 is 0.986 bits per heavy atom. The third-order valence-electron chi connectivity index (χ3n) is 16.4. The first-order valence-corrected chi connectivity index (χ1v) is 28.6. The molecule has 4 aliphatic heterocycles. The van der Waals surface area contributed by atoms with Crippen molar-refractivity contribution in [2.45, 2.75) is 119 Å². The minimum Gasteiger partial charge on any atom is -0.489 e. The maximum absolute atomic E-state index is 14.7. The van der Waals surface area contributed by atoms with Crippen LogP contribution in [0.3, 0.4) is 0 Å². The summed E-state index contributed by atoms with van der Waals surface area (Å²) in [5.74, 6) is -1.25. The Kier molecular flexibility index (Phi) is 13.7. The Balaban J connectivity index is 0.865. The normalized spacial score (nSPS) is 24.5. The van der Waals surface area contributed by atoms with Gasteiger partial charge in [-0.15, -0.1) is 0 Å². The Morgan fingerprint density at radius 2 is 1.72 bits per heavy atom. The number of aromatic nitrogens is 2. The Hall–Kier alpha value is -5.87. The topological polar surface area (TPSA) is 230 Å². The summed E-state index contributed by atoms with van der Waals surface area (Å²) in [6.45, 7) is 13.8. The van der Waals surface area contributed by atoms with E-state index in [-0.39, 0.29) is 81.4 Å². The van der Waals surface area contributed by atoms with Gasteiger partial charge in [0.1, 0.15) is 29.6 Å². The molecule has 1 aliphatic carbocycles. The van der Waals surface area contributed by atoms with E-state index in [2.05, 4.69) is 67.9 Å². The van der Waals surface area contributed by atoms with Gasteiger partial charge in [-0.3, -0.25) is 19.8 Å². The average Bonchev–Trinajstić information content (AvgIpc) is 3.74. The van der Waals surface area contributed by atoms with Gasteiger partial charge >= 0.3 is 0 Å². The molecule has 1 amide bonds. The molecule has 0 radical (unpaired) electrons. The van der Waals surface area contributed by atoms with Gasteiger partial charge < -0.3 is 29.8 Å². The predicted octanol–water partition coefficient (Wildman–Crippen LogP) is 8.26. The number of halogens is 1. The van der Waals surface area contributed by atoms with Crippen molar-refractivity contribution < 1.29 is 45.5 Å². The van der Waals surface area contributed by atoms with E-state index in [1.165, 1.54) is 29.5 Å². The van der Waals surface area contributed by atoms with E-state index in [0.717, 1.165) is 50.7 Å². The fraction of sp³-hybridized carbons (Fsp3) is 0.509. The van der Waals surface area contributed by atoms with Gasteiger partial charge in [-0.05, 0) is 112 Å². The summed E-state index contributed by atoms with van der Waals surface area (Å²) in [7, 11) is -8.20. The molecular weight excluding hydrogens is 992 g/mol. The summed E-state index contributed by atoms with van der Waals surface area (Å²) in [4.78, 5) is 37.1.